The van der Waals surface area contributed by atoms with Crippen molar-refractivity contribution >= 4 is 23.2 Å². The number of aromatic nitrogens is 1. The van der Waals surface area contributed by atoms with Crippen LogP contribution in [0.2, 0.25) is 5.02 Å². The van der Waals surface area contributed by atoms with Gasteiger partial charge in [-0.3, -0.25) is 9.78 Å². The zero-order chi connectivity index (χ0) is 18.9. The highest BCUT2D eigenvalue weighted by Gasteiger charge is 2.07. The SMILES string of the molecule is O=C(NCCc1cccc(Cl)c1)c1cncc(NCCC2=CCCCC2)c1. The van der Waals surface area contributed by atoms with E-state index in [-0.39, 0.29) is 5.91 Å². The van der Waals surface area contributed by atoms with Gasteiger partial charge >= 0.3 is 0 Å². The first-order valence-electron chi connectivity index (χ1n) is 9.60. The van der Waals surface area contributed by atoms with Crippen LogP contribution in [0.1, 0.15) is 48.0 Å². The molecule has 0 aliphatic heterocycles. The number of anilines is 1. The van der Waals surface area contributed by atoms with E-state index in [1.807, 2.05) is 30.3 Å². The Morgan fingerprint density at radius 1 is 1.11 bits per heavy atom. The summed E-state index contributed by atoms with van der Waals surface area (Å²) in [7, 11) is 0. The average Bonchev–Trinajstić information content (AvgIpc) is 2.69. The third kappa shape index (κ3) is 6.40. The molecule has 1 aromatic heterocycles. The molecular formula is C22H26ClN3O. The second-order valence-corrected chi connectivity index (χ2v) is 7.32. The van der Waals surface area contributed by atoms with Crippen molar-refractivity contribution < 1.29 is 4.79 Å². The van der Waals surface area contributed by atoms with Crippen molar-refractivity contribution in [1.82, 2.24) is 10.3 Å². The minimum Gasteiger partial charge on any atom is -0.383 e. The van der Waals surface area contributed by atoms with Crippen molar-refractivity contribution in [2.75, 3.05) is 18.4 Å². The van der Waals surface area contributed by atoms with Crippen LogP contribution >= 0.6 is 11.6 Å². The fraction of sp³-hybridized carbons (Fsp3) is 0.364. The lowest BCUT2D eigenvalue weighted by atomic mass is 9.97. The third-order valence-corrected chi connectivity index (χ3v) is 4.98. The number of allylic oxidation sites excluding steroid dienone is 1. The standard InChI is InChI=1S/C22H26ClN3O/c23-20-8-4-7-18(13-20)10-12-26-22(27)19-14-21(16-24-15-19)25-11-9-17-5-2-1-3-6-17/h4-5,7-8,13-16,25H,1-3,6,9-12H2,(H,26,27). The molecule has 3 rings (SSSR count). The van der Waals surface area contributed by atoms with Gasteiger partial charge < -0.3 is 10.6 Å². The minimum absolute atomic E-state index is 0.108. The molecule has 4 nitrogen and oxygen atoms in total. The Hall–Kier alpha value is -2.33. The maximum Gasteiger partial charge on any atom is 0.252 e. The highest BCUT2D eigenvalue weighted by Crippen LogP contribution is 2.20. The van der Waals surface area contributed by atoms with Gasteiger partial charge in [-0.2, -0.15) is 0 Å². The van der Waals surface area contributed by atoms with Crippen LogP contribution in [0.5, 0.6) is 0 Å². The largest absolute Gasteiger partial charge is 0.383 e. The first-order valence-corrected chi connectivity index (χ1v) is 9.98. The Balaban J connectivity index is 1.45. The Morgan fingerprint density at radius 2 is 2.04 bits per heavy atom. The zero-order valence-electron chi connectivity index (χ0n) is 15.5. The fourth-order valence-corrected chi connectivity index (χ4v) is 3.49. The van der Waals surface area contributed by atoms with Crippen LogP contribution < -0.4 is 10.6 Å². The number of nitrogens with one attached hydrogen (secondary N) is 2. The molecule has 0 spiro atoms. The van der Waals surface area contributed by atoms with Crippen molar-refractivity contribution in [3.63, 3.8) is 0 Å². The first-order chi connectivity index (χ1) is 13.2. The van der Waals surface area contributed by atoms with Crippen LogP contribution in [0, 0.1) is 0 Å². The van der Waals surface area contributed by atoms with Crippen molar-refractivity contribution in [3.8, 4) is 0 Å². The molecule has 1 amide bonds. The van der Waals surface area contributed by atoms with Crippen LogP contribution in [0.3, 0.4) is 0 Å². The number of hydrogen-bond acceptors (Lipinski definition) is 3. The van der Waals surface area contributed by atoms with Gasteiger partial charge in [0.05, 0.1) is 11.3 Å². The van der Waals surface area contributed by atoms with Gasteiger partial charge in [0.1, 0.15) is 0 Å². The molecule has 0 bridgehead atoms. The van der Waals surface area contributed by atoms with Gasteiger partial charge in [-0.15, -0.1) is 0 Å². The quantitative estimate of drug-likeness (QED) is 0.630. The van der Waals surface area contributed by atoms with Crippen LogP contribution in [0.25, 0.3) is 0 Å². The number of benzene rings is 1. The number of rotatable bonds is 8. The molecule has 1 aliphatic carbocycles. The van der Waals surface area contributed by atoms with Gasteiger partial charge in [0.15, 0.2) is 0 Å². The van der Waals surface area contributed by atoms with Gasteiger partial charge in [-0.25, -0.2) is 0 Å². The molecule has 0 saturated heterocycles. The summed E-state index contributed by atoms with van der Waals surface area (Å²) in [5, 5.41) is 7.03. The second kappa shape index (κ2) is 10.1. The third-order valence-electron chi connectivity index (χ3n) is 4.75. The normalized spacial score (nSPS) is 13.7. The number of amides is 1. The number of halogens is 1. The van der Waals surface area contributed by atoms with E-state index in [0.29, 0.717) is 17.1 Å². The fourth-order valence-electron chi connectivity index (χ4n) is 3.27. The van der Waals surface area contributed by atoms with Crippen molar-refractivity contribution in [2.45, 2.75) is 38.5 Å². The van der Waals surface area contributed by atoms with E-state index < -0.39 is 0 Å². The summed E-state index contributed by atoms with van der Waals surface area (Å²) in [4.78, 5) is 16.6. The van der Waals surface area contributed by atoms with E-state index in [1.165, 1.54) is 31.3 Å². The molecule has 2 N–H and O–H groups in total. The number of nitrogens with zero attached hydrogens (tertiary/aromatic N) is 1. The van der Waals surface area contributed by atoms with Crippen LogP contribution in [0.4, 0.5) is 5.69 Å². The summed E-state index contributed by atoms with van der Waals surface area (Å²) in [6.07, 6.45) is 12.6. The minimum atomic E-state index is -0.108. The maximum atomic E-state index is 12.4. The summed E-state index contributed by atoms with van der Waals surface area (Å²) >= 11 is 5.98. The highest BCUT2D eigenvalue weighted by molar-refractivity contribution is 6.30. The zero-order valence-corrected chi connectivity index (χ0v) is 16.3. The summed E-state index contributed by atoms with van der Waals surface area (Å²) in [5.74, 6) is -0.108. The maximum absolute atomic E-state index is 12.4. The first kappa shape index (κ1) is 19.4. The Bertz CT molecular complexity index is 804. The van der Waals surface area contributed by atoms with Gasteiger partial charge in [-0.1, -0.05) is 35.4 Å². The van der Waals surface area contributed by atoms with Crippen molar-refractivity contribution in [1.29, 1.82) is 0 Å². The number of carbonyl (C=O) groups is 1. The molecule has 0 fully saturated rings. The monoisotopic (exact) mass is 383 g/mol. The van der Waals surface area contributed by atoms with Crippen molar-refractivity contribution in [3.05, 3.63) is 70.5 Å². The summed E-state index contributed by atoms with van der Waals surface area (Å²) in [5.41, 5.74) is 4.10. The van der Waals surface area contributed by atoms with E-state index in [1.54, 1.807) is 12.4 Å². The molecule has 142 valence electrons. The summed E-state index contributed by atoms with van der Waals surface area (Å²) in [6, 6.07) is 9.55. The molecular weight excluding hydrogens is 358 g/mol. The smallest absolute Gasteiger partial charge is 0.252 e. The van der Waals surface area contributed by atoms with Gasteiger partial charge in [0.25, 0.3) is 5.91 Å². The molecule has 1 heterocycles. The van der Waals surface area contributed by atoms with E-state index in [0.717, 1.165) is 30.6 Å². The lowest BCUT2D eigenvalue weighted by Gasteiger charge is -2.13. The Morgan fingerprint density at radius 3 is 2.85 bits per heavy atom. The van der Waals surface area contributed by atoms with Crippen LogP contribution in [-0.4, -0.2) is 24.0 Å². The second-order valence-electron chi connectivity index (χ2n) is 6.88. The van der Waals surface area contributed by atoms with Gasteiger partial charge in [-0.05, 0) is 62.3 Å². The number of pyridine rings is 1. The molecule has 5 heteroatoms. The number of carbonyl (C=O) groups excluding carboxylic acids is 1. The molecule has 0 saturated carbocycles. The molecule has 0 atom stereocenters. The van der Waals surface area contributed by atoms with Crippen LogP contribution in [0.15, 0.2) is 54.4 Å². The lowest BCUT2D eigenvalue weighted by Crippen LogP contribution is -2.25. The molecule has 0 unspecified atom stereocenters. The Labute approximate surface area is 166 Å². The van der Waals surface area contributed by atoms with E-state index in [4.69, 9.17) is 11.6 Å². The lowest BCUT2D eigenvalue weighted by molar-refractivity contribution is 0.0954. The molecule has 27 heavy (non-hydrogen) atoms. The van der Waals surface area contributed by atoms with Gasteiger partial charge in [0, 0.05) is 30.5 Å². The molecule has 1 aromatic carbocycles. The van der Waals surface area contributed by atoms with E-state index in [2.05, 4.69) is 21.7 Å². The molecule has 2 aromatic rings. The highest BCUT2D eigenvalue weighted by atomic mass is 35.5. The molecule has 0 radical (unpaired) electrons. The van der Waals surface area contributed by atoms with Crippen molar-refractivity contribution in [2.24, 2.45) is 0 Å². The number of hydrogen-bond donors (Lipinski definition) is 2. The topological polar surface area (TPSA) is 54.0 Å². The summed E-state index contributed by atoms with van der Waals surface area (Å²) < 4.78 is 0. The predicted molar refractivity (Wildman–Crippen MR) is 111 cm³/mol. The molecule has 1 aliphatic rings. The average molecular weight is 384 g/mol. The Kier molecular flexibility index (Phi) is 7.28. The predicted octanol–water partition coefficient (Wildman–Crippen LogP) is 5.01. The van der Waals surface area contributed by atoms with E-state index >= 15 is 0 Å². The van der Waals surface area contributed by atoms with Crippen LogP contribution in [-0.2, 0) is 6.42 Å². The van der Waals surface area contributed by atoms with E-state index in [9.17, 15) is 4.79 Å². The van der Waals surface area contributed by atoms with Gasteiger partial charge in [0.2, 0.25) is 0 Å². The summed E-state index contributed by atoms with van der Waals surface area (Å²) in [6.45, 7) is 1.43.